The first-order valence-corrected chi connectivity index (χ1v) is 8.55. The Kier molecular flexibility index (Phi) is 4.40. The molecule has 4 aromatic rings. The van der Waals surface area contributed by atoms with E-state index in [4.69, 9.17) is 16.3 Å². The number of benzene rings is 1. The molecule has 0 aliphatic heterocycles. The first-order valence-electron chi connectivity index (χ1n) is 8.18. The number of hydrogen-bond acceptors (Lipinski definition) is 5. The molecule has 3 heterocycles. The molecule has 0 unspecified atom stereocenters. The molecule has 0 N–H and O–H groups in total. The second-order valence-electron chi connectivity index (χ2n) is 5.84. The molecule has 7 nitrogen and oxygen atoms in total. The van der Waals surface area contributed by atoms with E-state index >= 15 is 0 Å². The zero-order valence-corrected chi connectivity index (χ0v) is 14.8. The molecule has 132 valence electrons. The zero-order chi connectivity index (χ0) is 18.1. The van der Waals surface area contributed by atoms with Crippen LogP contribution in [-0.2, 0) is 11.3 Å². The van der Waals surface area contributed by atoms with Crippen LogP contribution in [0.25, 0.3) is 28.1 Å². The van der Waals surface area contributed by atoms with Crippen molar-refractivity contribution in [3.05, 3.63) is 58.1 Å². The third-order valence-electron chi connectivity index (χ3n) is 4.17. The van der Waals surface area contributed by atoms with Crippen molar-refractivity contribution in [3.63, 3.8) is 0 Å². The second kappa shape index (κ2) is 6.86. The Bertz CT molecular complexity index is 1150. The van der Waals surface area contributed by atoms with Gasteiger partial charge in [0.25, 0.3) is 11.3 Å². The van der Waals surface area contributed by atoms with Crippen LogP contribution in [0.5, 0.6) is 0 Å². The predicted octanol–water partition coefficient (Wildman–Crippen LogP) is 2.80. The van der Waals surface area contributed by atoms with E-state index in [0.717, 1.165) is 12.0 Å². The number of rotatable bonds is 5. The van der Waals surface area contributed by atoms with Crippen molar-refractivity contribution in [1.82, 2.24) is 24.1 Å². The highest BCUT2D eigenvalue weighted by atomic mass is 35.5. The Morgan fingerprint density at radius 1 is 1.23 bits per heavy atom. The van der Waals surface area contributed by atoms with Crippen LogP contribution in [-0.4, -0.2) is 37.9 Å². The van der Waals surface area contributed by atoms with Gasteiger partial charge in [0.1, 0.15) is 0 Å². The molecule has 3 aromatic heterocycles. The Balaban J connectivity index is 1.84. The van der Waals surface area contributed by atoms with Crippen molar-refractivity contribution >= 4 is 28.3 Å². The lowest BCUT2D eigenvalue weighted by atomic mass is 10.2. The summed E-state index contributed by atoms with van der Waals surface area (Å²) in [5.41, 5.74) is 1.28. The summed E-state index contributed by atoms with van der Waals surface area (Å²) in [6.45, 7) is 1.19. The highest BCUT2D eigenvalue weighted by molar-refractivity contribution is 6.33. The van der Waals surface area contributed by atoms with Crippen molar-refractivity contribution in [2.24, 2.45) is 0 Å². The van der Waals surface area contributed by atoms with Crippen LogP contribution in [0.4, 0.5) is 0 Å². The van der Waals surface area contributed by atoms with Crippen LogP contribution in [0.1, 0.15) is 6.42 Å². The molecule has 0 bridgehead atoms. The molecule has 0 saturated heterocycles. The Hall–Kier alpha value is -2.77. The molecular weight excluding hydrogens is 354 g/mol. The van der Waals surface area contributed by atoms with Crippen LogP contribution in [0.15, 0.2) is 47.5 Å². The smallest absolute Gasteiger partial charge is 0.261 e. The maximum Gasteiger partial charge on any atom is 0.261 e. The van der Waals surface area contributed by atoms with Gasteiger partial charge < -0.3 is 9.30 Å². The minimum atomic E-state index is -0.109. The molecule has 8 heteroatoms. The first kappa shape index (κ1) is 16.7. The van der Waals surface area contributed by atoms with Gasteiger partial charge in [0.05, 0.1) is 15.9 Å². The van der Waals surface area contributed by atoms with Gasteiger partial charge >= 0.3 is 0 Å². The Morgan fingerprint density at radius 3 is 2.88 bits per heavy atom. The van der Waals surface area contributed by atoms with E-state index < -0.39 is 0 Å². The van der Waals surface area contributed by atoms with E-state index in [1.54, 1.807) is 34.7 Å². The maximum atomic E-state index is 12.7. The van der Waals surface area contributed by atoms with Crippen molar-refractivity contribution in [1.29, 1.82) is 0 Å². The Morgan fingerprint density at radius 2 is 2.08 bits per heavy atom. The van der Waals surface area contributed by atoms with Gasteiger partial charge in [-0.15, -0.1) is 5.10 Å². The molecule has 0 aliphatic rings. The number of hydrogen-bond donors (Lipinski definition) is 0. The van der Waals surface area contributed by atoms with Gasteiger partial charge in [-0.2, -0.15) is 9.50 Å². The van der Waals surface area contributed by atoms with E-state index in [2.05, 4.69) is 15.1 Å². The average Bonchev–Trinajstić information content (AvgIpc) is 3.08. The molecule has 26 heavy (non-hydrogen) atoms. The monoisotopic (exact) mass is 369 g/mol. The second-order valence-corrected chi connectivity index (χ2v) is 6.25. The fourth-order valence-corrected chi connectivity index (χ4v) is 3.09. The molecule has 4 rings (SSSR count). The summed E-state index contributed by atoms with van der Waals surface area (Å²) in [7, 11) is 1.64. The van der Waals surface area contributed by atoms with Crippen LogP contribution in [0, 0.1) is 0 Å². The normalized spacial score (nSPS) is 11.5. The molecular formula is C18H16ClN5O2. The third-order valence-corrected chi connectivity index (χ3v) is 4.50. The highest BCUT2D eigenvalue weighted by Gasteiger charge is 2.14. The number of aromatic nitrogens is 5. The highest BCUT2D eigenvalue weighted by Crippen LogP contribution is 2.25. The fourth-order valence-electron chi connectivity index (χ4n) is 2.87. The number of ether oxygens (including phenoxy) is 1. The largest absolute Gasteiger partial charge is 0.385 e. The zero-order valence-electron chi connectivity index (χ0n) is 14.1. The molecule has 0 atom stereocenters. The van der Waals surface area contributed by atoms with Crippen LogP contribution >= 0.6 is 11.6 Å². The van der Waals surface area contributed by atoms with E-state index in [-0.39, 0.29) is 5.56 Å². The molecule has 0 radical (unpaired) electrons. The van der Waals surface area contributed by atoms with Gasteiger partial charge in [0.2, 0.25) is 0 Å². The summed E-state index contributed by atoms with van der Waals surface area (Å²) < 4.78 is 8.27. The first-order chi connectivity index (χ1) is 12.7. The summed E-state index contributed by atoms with van der Waals surface area (Å²) in [6, 6.07) is 9.20. The van der Waals surface area contributed by atoms with E-state index in [1.807, 2.05) is 24.3 Å². The quantitative estimate of drug-likeness (QED) is 0.506. The number of pyridine rings is 1. The van der Waals surface area contributed by atoms with Gasteiger partial charge in [-0.05, 0) is 24.6 Å². The van der Waals surface area contributed by atoms with Crippen LogP contribution in [0.3, 0.4) is 0 Å². The molecule has 0 spiro atoms. The molecule has 0 fully saturated rings. The number of aryl methyl sites for hydroxylation is 1. The summed E-state index contributed by atoms with van der Waals surface area (Å²) in [4.78, 5) is 21.4. The number of methoxy groups -OCH3 is 1. The molecule has 0 amide bonds. The number of halogens is 1. The van der Waals surface area contributed by atoms with Crippen molar-refractivity contribution < 1.29 is 4.74 Å². The van der Waals surface area contributed by atoms with Crippen LogP contribution in [0.2, 0.25) is 5.02 Å². The summed E-state index contributed by atoms with van der Waals surface area (Å²) >= 11 is 6.24. The Labute approximate surface area is 153 Å². The third kappa shape index (κ3) is 2.85. The fraction of sp³-hybridized carbons (Fsp3) is 0.222. The van der Waals surface area contributed by atoms with E-state index in [0.29, 0.717) is 40.7 Å². The topological polar surface area (TPSA) is 74.3 Å². The lowest BCUT2D eigenvalue weighted by molar-refractivity contribution is 0.190. The number of fused-ring (bicyclic) bond motifs is 3. The minimum absolute atomic E-state index is 0.109. The minimum Gasteiger partial charge on any atom is -0.385 e. The maximum absolute atomic E-state index is 12.7. The lowest BCUT2D eigenvalue weighted by Crippen LogP contribution is -2.21. The average molecular weight is 370 g/mol. The van der Waals surface area contributed by atoms with Gasteiger partial charge in [-0.1, -0.05) is 23.7 Å². The van der Waals surface area contributed by atoms with Crippen LogP contribution < -0.4 is 5.56 Å². The molecule has 0 aliphatic carbocycles. The van der Waals surface area contributed by atoms with E-state index in [1.165, 1.54) is 0 Å². The lowest BCUT2D eigenvalue weighted by Gasteiger charge is -2.07. The van der Waals surface area contributed by atoms with E-state index in [9.17, 15) is 4.79 Å². The van der Waals surface area contributed by atoms with Gasteiger partial charge in [-0.3, -0.25) is 4.79 Å². The van der Waals surface area contributed by atoms with Crippen molar-refractivity contribution in [2.75, 3.05) is 13.7 Å². The van der Waals surface area contributed by atoms with Gasteiger partial charge in [-0.25, -0.2) is 4.98 Å². The SMILES string of the molecule is COCCCn1ccc2c(cnc3nc(-c4ccccc4Cl)nn32)c1=O. The molecule has 0 saturated carbocycles. The van der Waals surface area contributed by atoms with Crippen molar-refractivity contribution in [2.45, 2.75) is 13.0 Å². The van der Waals surface area contributed by atoms with Crippen molar-refractivity contribution in [3.8, 4) is 11.4 Å². The summed E-state index contributed by atoms with van der Waals surface area (Å²) in [5, 5.41) is 5.57. The van der Waals surface area contributed by atoms with Gasteiger partial charge in [0.15, 0.2) is 5.82 Å². The predicted molar refractivity (Wildman–Crippen MR) is 99.5 cm³/mol. The van der Waals surface area contributed by atoms with Gasteiger partial charge in [0, 0.05) is 38.2 Å². The standard InChI is InChI=1S/C18H16ClN5O2/c1-26-10-4-8-23-9-7-15-13(17(23)25)11-20-18-21-16(22-24(15)18)12-5-2-3-6-14(12)19/h2-3,5-7,9,11H,4,8,10H2,1H3. The summed E-state index contributed by atoms with van der Waals surface area (Å²) in [5.74, 6) is 0.892. The molecule has 1 aromatic carbocycles. The summed E-state index contributed by atoms with van der Waals surface area (Å²) in [6.07, 6.45) is 4.07. The number of nitrogens with zero attached hydrogens (tertiary/aromatic N) is 5.